The van der Waals surface area contributed by atoms with Crippen LogP contribution in [0.4, 0.5) is 5.13 Å². The molecule has 27 heavy (non-hydrogen) atoms. The van der Waals surface area contributed by atoms with E-state index < -0.39 is 10.0 Å². The van der Waals surface area contributed by atoms with Crippen LogP contribution in [-0.2, 0) is 21.2 Å². The molecular weight excluding hydrogens is 384 g/mol. The minimum atomic E-state index is -3.68. The first-order valence-electron chi connectivity index (χ1n) is 8.28. The second-order valence-corrected chi connectivity index (χ2v) is 8.68. The van der Waals surface area contributed by atoms with Crippen molar-refractivity contribution in [1.82, 2.24) is 10.3 Å². The molecule has 0 bridgehead atoms. The maximum atomic E-state index is 12.1. The summed E-state index contributed by atoms with van der Waals surface area (Å²) in [6.45, 7) is 0.672. The highest BCUT2D eigenvalue weighted by atomic mass is 32.2. The molecule has 0 fully saturated rings. The van der Waals surface area contributed by atoms with E-state index in [4.69, 9.17) is 5.14 Å². The highest BCUT2D eigenvalue weighted by Gasteiger charge is 2.12. The Balaban J connectivity index is 1.49. The van der Waals surface area contributed by atoms with Crippen LogP contribution in [0.5, 0.6) is 0 Å². The molecule has 0 saturated carbocycles. The van der Waals surface area contributed by atoms with Crippen LogP contribution in [0.2, 0.25) is 0 Å². The molecule has 1 aromatic heterocycles. The van der Waals surface area contributed by atoms with E-state index in [2.05, 4.69) is 10.3 Å². The third-order valence-corrected chi connectivity index (χ3v) is 6.06. The van der Waals surface area contributed by atoms with Crippen molar-refractivity contribution in [2.75, 3.05) is 25.0 Å². The zero-order valence-electron chi connectivity index (χ0n) is 14.8. The predicted molar refractivity (Wildman–Crippen MR) is 107 cm³/mol. The zero-order valence-corrected chi connectivity index (χ0v) is 16.4. The zero-order chi connectivity index (χ0) is 19.4. The van der Waals surface area contributed by atoms with Crippen LogP contribution in [0.3, 0.4) is 0 Å². The molecule has 0 saturated heterocycles. The Hall–Kier alpha value is -2.49. The van der Waals surface area contributed by atoms with Crippen molar-refractivity contribution in [2.24, 2.45) is 5.14 Å². The van der Waals surface area contributed by atoms with E-state index in [0.717, 1.165) is 20.9 Å². The summed E-state index contributed by atoms with van der Waals surface area (Å²) in [4.78, 5) is 18.6. The van der Waals surface area contributed by atoms with Crippen LogP contribution in [0.15, 0.2) is 53.4 Å². The topological polar surface area (TPSA) is 105 Å². The summed E-state index contributed by atoms with van der Waals surface area (Å²) in [5.41, 5.74) is 1.84. The molecule has 142 valence electrons. The molecule has 3 aromatic rings. The number of sulfonamides is 1. The van der Waals surface area contributed by atoms with Crippen molar-refractivity contribution in [3.63, 3.8) is 0 Å². The molecule has 2 aromatic carbocycles. The first-order chi connectivity index (χ1) is 12.8. The number of benzene rings is 2. The van der Waals surface area contributed by atoms with Crippen LogP contribution in [-0.4, -0.2) is 39.4 Å². The fraction of sp³-hybridized carbons (Fsp3) is 0.222. The molecule has 1 amide bonds. The first-order valence-corrected chi connectivity index (χ1v) is 10.6. The van der Waals surface area contributed by atoms with Gasteiger partial charge < -0.3 is 10.2 Å². The second kappa shape index (κ2) is 8.03. The van der Waals surface area contributed by atoms with E-state index in [0.29, 0.717) is 13.0 Å². The molecule has 3 rings (SSSR count). The van der Waals surface area contributed by atoms with Gasteiger partial charge >= 0.3 is 0 Å². The fourth-order valence-electron chi connectivity index (χ4n) is 2.55. The van der Waals surface area contributed by atoms with E-state index in [1.165, 1.54) is 12.1 Å². The van der Waals surface area contributed by atoms with Crippen LogP contribution >= 0.6 is 11.3 Å². The van der Waals surface area contributed by atoms with Crippen LogP contribution in [0.1, 0.15) is 5.56 Å². The molecule has 9 heteroatoms. The van der Waals surface area contributed by atoms with Gasteiger partial charge in [-0.1, -0.05) is 35.6 Å². The van der Waals surface area contributed by atoms with Gasteiger partial charge in [-0.3, -0.25) is 4.79 Å². The quantitative estimate of drug-likeness (QED) is 0.624. The van der Waals surface area contributed by atoms with Gasteiger partial charge in [0.25, 0.3) is 0 Å². The largest absolute Gasteiger partial charge is 0.354 e. The Bertz CT molecular complexity index is 1010. The summed E-state index contributed by atoms with van der Waals surface area (Å²) in [6, 6.07) is 14.2. The molecular formula is C18H20N4O3S2. The van der Waals surface area contributed by atoms with Crippen LogP contribution in [0, 0.1) is 0 Å². The van der Waals surface area contributed by atoms with E-state index in [1.54, 1.807) is 23.5 Å². The third kappa shape index (κ3) is 5.03. The number of rotatable bonds is 7. The molecule has 0 spiro atoms. The Kier molecular flexibility index (Phi) is 5.73. The number of carbonyl (C=O) groups is 1. The van der Waals surface area contributed by atoms with Gasteiger partial charge in [-0.2, -0.15) is 0 Å². The van der Waals surface area contributed by atoms with Gasteiger partial charge in [0.2, 0.25) is 15.9 Å². The molecule has 0 radical (unpaired) electrons. The van der Waals surface area contributed by atoms with Crippen LogP contribution in [0.25, 0.3) is 10.2 Å². The predicted octanol–water partition coefficient (Wildman–Crippen LogP) is 1.74. The maximum absolute atomic E-state index is 12.1. The number of nitrogens with one attached hydrogen (secondary N) is 1. The monoisotopic (exact) mass is 404 g/mol. The van der Waals surface area contributed by atoms with Gasteiger partial charge in [0, 0.05) is 13.6 Å². The lowest BCUT2D eigenvalue weighted by molar-refractivity contribution is -0.119. The van der Waals surface area contributed by atoms with Gasteiger partial charge in [-0.25, -0.2) is 18.5 Å². The Morgan fingerprint density at radius 3 is 2.56 bits per heavy atom. The van der Waals surface area contributed by atoms with Crippen molar-refractivity contribution in [3.05, 3.63) is 54.1 Å². The van der Waals surface area contributed by atoms with Crippen molar-refractivity contribution in [3.8, 4) is 0 Å². The Morgan fingerprint density at radius 2 is 1.89 bits per heavy atom. The molecule has 7 nitrogen and oxygen atoms in total. The van der Waals surface area contributed by atoms with Crippen molar-refractivity contribution in [2.45, 2.75) is 11.3 Å². The Labute approximate surface area is 161 Å². The van der Waals surface area contributed by atoms with Crippen molar-refractivity contribution >= 4 is 42.6 Å². The number of fused-ring (bicyclic) bond motifs is 1. The molecule has 0 aliphatic rings. The SMILES string of the molecule is CN(CC(=O)NCCc1ccc(S(N)(=O)=O)cc1)c1nc2ccccc2s1. The summed E-state index contributed by atoms with van der Waals surface area (Å²) >= 11 is 1.55. The number of primary sulfonamides is 1. The van der Waals surface area contributed by atoms with Gasteiger partial charge in [0.05, 0.1) is 21.7 Å². The van der Waals surface area contributed by atoms with Gasteiger partial charge in [-0.05, 0) is 36.2 Å². The number of hydrogen-bond acceptors (Lipinski definition) is 6. The average molecular weight is 405 g/mol. The lowest BCUT2D eigenvalue weighted by atomic mass is 10.1. The second-order valence-electron chi connectivity index (χ2n) is 6.11. The highest BCUT2D eigenvalue weighted by Crippen LogP contribution is 2.27. The fourth-order valence-corrected chi connectivity index (χ4v) is 4.00. The first kappa shape index (κ1) is 19.3. The number of carbonyl (C=O) groups excluding carboxylic acids is 1. The molecule has 0 unspecified atom stereocenters. The minimum Gasteiger partial charge on any atom is -0.354 e. The van der Waals surface area contributed by atoms with Crippen molar-refractivity contribution in [1.29, 1.82) is 0 Å². The van der Waals surface area contributed by atoms with Gasteiger partial charge in [0.15, 0.2) is 5.13 Å². The lowest BCUT2D eigenvalue weighted by Crippen LogP contribution is -2.36. The Morgan fingerprint density at radius 1 is 1.19 bits per heavy atom. The molecule has 1 heterocycles. The summed E-state index contributed by atoms with van der Waals surface area (Å²) in [7, 11) is -1.85. The number of likely N-dealkylation sites (N-methyl/N-ethyl adjacent to an activating group) is 1. The molecule has 0 aliphatic carbocycles. The van der Waals surface area contributed by atoms with E-state index in [1.807, 2.05) is 36.2 Å². The minimum absolute atomic E-state index is 0.0766. The average Bonchev–Trinajstić information content (AvgIpc) is 3.06. The van der Waals surface area contributed by atoms with E-state index in [-0.39, 0.29) is 17.3 Å². The summed E-state index contributed by atoms with van der Waals surface area (Å²) in [5, 5.41) is 8.73. The maximum Gasteiger partial charge on any atom is 0.239 e. The third-order valence-electron chi connectivity index (χ3n) is 3.98. The summed E-state index contributed by atoms with van der Waals surface area (Å²) in [6.07, 6.45) is 0.599. The van der Waals surface area contributed by atoms with Gasteiger partial charge in [-0.15, -0.1) is 0 Å². The number of nitrogens with zero attached hydrogens (tertiary/aromatic N) is 2. The highest BCUT2D eigenvalue weighted by molar-refractivity contribution is 7.89. The van der Waals surface area contributed by atoms with Gasteiger partial charge in [0.1, 0.15) is 0 Å². The smallest absolute Gasteiger partial charge is 0.239 e. The number of thiazole rings is 1. The number of hydrogen-bond donors (Lipinski definition) is 2. The number of para-hydroxylation sites is 1. The molecule has 3 N–H and O–H groups in total. The summed E-state index contributed by atoms with van der Waals surface area (Å²) in [5.74, 6) is -0.0992. The van der Waals surface area contributed by atoms with Crippen molar-refractivity contribution < 1.29 is 13.2 Å². The lowest BCUT2D eigenvalue weighted by Gasteiger charge is -2.15. The number of aromatic nitrogens is 1. The molecule has 0 aliphatic heterocycles. The van der Waals surface area contributed by atoms with E-state index >= 15 is 0 Å². The standard InChI is InChI=1S/C18H20N4O3S2/c1-22(18-21-15-4-2-3-5-16(15)26-18)12-17(23)20-11-10-13-6-8-14(9-7-13)27(19,24)25/h2-9H,10-12H2,1H3,(H,20,23)(H2,19,24,25). The normalized spacial score (nSPS) is 11.5. The number of amides is 1. The number of anilines is 1. The number of nitrogens with two attached hydrogens (primary N) is 1. The van der Waals surface area contributed by atoms with Crippen LogP contribution < -0.4 is 15.4 Å². The summed E-state index contributed by atoms with van der Waals surface area (Å²) < 4.78 is 23.6. The molecule has 0 atom stereocenters. The van der Waals surface area contributed by atoms with E-state index in [9.17, 15) is 13.2 Å².